The predicted octanol–water partition coefficient (Wildman–Crippen LogP) is 4.25. The molecule has 0 aliphatic rings. The molecule has 0 aliphatic carbocycles. The van der Waals surface area contributed by atoms with Crippen LogP contribution in [0.15, 0.2) is 83.4 Å². The largest absolute Gasteiger partial charge is 0.497 e. The van der Waals surface area contributed by atoms with E-state index in [1.54, 1.807) is 31.4 Å². The Morgan fingerprint density at radius 3 is 2.61 bits per heavy atom. The third kappa shape index (κ3) is 5.27. The second kappa shape index (κ2) is 9.58. The lowest BCUT2D eigenvalue weighted by Gasteiger charge is -2.08. The fourth-order valence-corrected chi connectivity index (χ4v) is 2.95. The summed E-state index contributed by atoms with van der Waals surface area (Å²) in [5, 5.41) is 6.89. The highest BCUT2D eigenvalue weighted by atomic mass is 16.5. The Morgan fingerprint density at radius 1 is 0.968 bits per heavy atom. The van der Waals surface area contributed by atoms with Crippen molar-refractivity contribution in [3.8, 4) is 22.9 Å². The smallest absolute Gasteiger partial charge is 0.264 e. The van der Waals surface area contributed by atoms with Crippen LogP contribution in [0.3, 0.4) is 0 Å². The maximum atomic E-state index is 12.4. The SMILES string of the molecule is COc1cccc(-c2noc(COc3cccc(C(=O)NCc4ccccc4)c3)n2)c1. The summed E-state index contributed by atoms with van der Waals surface area (Å²) in [6.07, 6.45) is 0. The van der Waals surface area contributed by atoms with Crippen LogP contribution in [0.25, 0.3) is 11.4 Å². The lowest BCUT2D eigenvalue weighted by molar-refractivity contribution is 0.0950. The predicted molar refractivity (Wildman–Crippen MR) is 115 cm³/mol. The van der Waals surface area contributed by atoms with Crippen molar-refractivity contribution in [1.29, 1.82) is 0 Å². The van der Waals surface area contributed by atoms with Gasteiger partial charge in [0.1, 0.15) is 11.5 Å². The van der Waals surface area contributed by atoms with Crippen LogP contribution >= 0.6 is 0 Å². The summed E-state index contributed by atoms with van der Waals surface area (Å²) < 4.78 is 16.2. The Kier molecular flexibility index (Phi) is 6.23. The quantitative estimate of drug-likeness (QED) is 0.463. The minimum atomic E-state index is -0.174. The van der Waals surface area contributed by atoms with E-state index in [1.807, 2.05) is 54.6 Å². The number of nitrogens with zero attached hydrogens (tertiary/aromatic N) is 2. The summed E-state index contributed by atoms with van der Waals surface area (Å²) in [7, 11) is 1.60. The number of hydrogen-bond acceptors (Lipinski definition) is 6. The van der Waals surface area contributed by atoms with E-state index in [0.717, 1.165) is 11.1 Å². The topological polar surface area (TPSA) is 86.5 Å². The molecule has 0 fully saturated rings. The van der Waals surface area contributed by atoms with Crippen LogP contribution in [-0.2, 0) is 13.2 Å². The minimum absolute atomic E-state index is 0.0893. The van der Waals surface area contributed by atoms with Crippen LogP contribution in [0, 0.1) is 0 Å². The lowest BCUT2D eigenvalue weighted by Crippen LogP contribution is -2.22. The second-order valence-corrected chi connectivity index (χ2v) is 6.73. The van der Waals surface area contributed by atoms with Crippen molar-refractivity contribution in [2.24, 2.45) is 0 Å². The first kappa shape index (κ1) is 20.2. The molecule has 1 aromatic heterocycles. The average Bonchev–Trinajstić information content (AvgIpc) is 3.31. The van der Waals surface area contributed by atoms with Gasteiger partial charge in [-0.25, -0.2) is 0 Å². The first-order chi connectivity index (χ1) is 15.2. The number of rotatable bonds is 8. The summed E-state index contributed by atoms with van der Waals surface area (Å²) in [5.41, 5.74) is 2.33. The molecule has 0 radical (unpaired) electrons. The molecular formula is C24H21N3O4. The van der Waals surface area contributed by atoms with Crippen molar-refractivity contribution in [2.75, 3.05) is 7.11 Å². The number of carbonyl (C=O) groups excluding carboxylic acids is 1. The van der Waals surface area contributed by atoms with Crippen LogP contribution in [0.5, 0.6) is 11.5 Å². The van der Waals surface area contributed by atoms with E-state index in [1.165, 1.54) is 0 Å². The highest BCUT2D eigenvalue weighted by Crippen LogP contribution is 2.22. The molecule has 0 aliphatic heterocycles. The van der Waals surface area contributed by atoms with E-state index in [9.17, 15) is 4.79 Å². The van der Waals surface area contributed by atoms with Gasteiger partial charge < -0.3 is 19.3 Å². The normalized spacial score (nSPS) is 10.5. The number of amides is 1. The Labute approximate surface area is 179 Å². The van der Waals surface area contributed by atoms with Crippen molar-refractivity contribution in [3.63, 3.8) is 0 Å². The molecule has 1 heterocycles. The molecule has 0 spiro atoms. The van der Waals surface area contributed by atoms with E-state index >= 15 is 0 Å². The molecule has 4 aromatic rings. The first-order valence-corrected chi connectivity index (χ1v) is 9.73. The Balaban J connectivity index is 1.36. The summed E-state index contributed by atoms with van der Waals surface area (Å²) >= 11 is 0. The maximum Gasteiger partial charge on any atom is 0.264 e. The van der Waals surface area contributed by atoms with Crippen LogP contribution in [-0.4, -0.2) is 23.2 Å². The zero-order valence-electron chi connectivity index (χ0n) is 16.9. The molecule has 4 rings (SSSR count). The Bertz CT molecular complexity index is 1160. The molecule has 1 N–H and O–H groups in total. The maximum absolute atomic E-state index is 12.4. The number of hydrogen-bond donors (Lipinski definition) is 1. The third-order valence-electron chi connectivity index (χ3n) is 4.55. The third-order valence-corrected chi connectivity index (χ3v) is 4.55. The molecule has 0 saturated heterocycles. The van der Waals surface area contributed by atoms with Gasteiger partial charge in [0.15, 0.2) is 6.61 Å². The summed E-state index contributed by atoms with van der Waals surface area (Å²) in [5.74, 6) is 1.85. The van der Waals surface area contributed by atoms with Gasteiger partial charge in [0.25, 0.3) is 11.8 Å². The monoisotopic (exact) mass is 415 g/mol. The van der Waals surface area contributed by atoms with Gasteiger partial charge in [0.2, 0.25) is 5.82 Å². The standard InChI is InChI=1S/C24H21N3O4/c1-29-20-11-5-9-18(13-20)23-26-22(31-27-23)16-30-21-12-6-10-19(14-21)24(28)25-15-17-7-3-2-4-8-17/h2-14H,15-16H2,1H3,(H,25,28). The van der Waals surface area contributed by atoms with Crippen molar-refractivity contribution < 1.29 is 18.8 Å². The number of carbonyl (C=O) groups is 1. The van der Waals surface area contributed by atoms with E-state index in [0.29, 0.717) is 35.3 Å². The van der Waals surface area contributed by atoms with Gasteiger partial charge in [0.05, 0.1) is 7.11 Å². The number of aromatic nitrogens is 2. The number of methoxy groups -OCH3 is 1. The Morgan fingerprint density at radius 2 is 1.77 bits per heavy atom. The van der Waals surface area contributed by atoms with E-state index < -0.39 is 0 Å². The highest BCUT2D eigenvalue weighted by molar-refractivity contribution is 5.94. The molecule has 7 nitrogen and oxygen atoms in total. The van der Waals surface area contributed by atoms with Crippen molar-refractivity contribution in [2.45, 2.75) is 13.2 Å². The fraction of sp³-hybridized carbons (Fsp3) is 0.125. The zero-order chi connectivity index (χ0) is 21.5. The van der Waals surface area contributed by atoms with Crippen LogP contribution < -0.4 is 14.8 Å². The molecule has 3 aromatic carbocycles. The molecule has 0 saturated carbocycles. The zero-order valence-corrected chi connectivity index (χ0v) is 16.9. The molecule has 1 amide bonds. The molecule has 7 heteroatoms. The van der Waals surface area contributed by atoms with Gasteiger partial charge in [-0.15, -0.1) is 0 Å². The molecule has 0 unspecified atom stereocenters. The molecule has 31 heavy (non-hydrogen) atoms. The van der Waals surface area contributed by atoms with Gasteiger partial charge in [-0.3, -0.25) is 4.79 Å². The van der Waals surface area contributed by atoms with Gasteiger partial charge >= 0.3 is 0 Å². The molecule has 0 atom stereocenters. The Hall–Kier alpha value is -4.13. The average molecular weight is 415 g/mol. The summed E-state index contributed by atoms with van der Waals surface area (Å²) in [4.78, 5) is 16.8. The summed E-state index contributed by atoms with van der Waals surface area (Å²) in [6, 6.07) is 24.1. The fourth-order valence-electron chi connectivity index (χ4n) is 2.95. The number of nitrogens with one attached hydrogen (secondary N) is 1. The molecular weight excluding hydrogens is 394 g/mol. The summed E-state index contributed by atoms with van der Waals surface area (Å²) in [6.45, 7) is 0.547. The van der Waals surface area contributed by atoms with Crippen LogP contribution in [0.2, 0.25) is 0 Å². The first-order valence-electron chi connectivity index (χ1n) is 9.73. The number of ether oxygens (including phenoxy) is 2. The van der Waals surface area contributed by atoms with Gasteiger partial charge in [-0.05, 0) is 35.9 Å². The van der Waals surface area contributed by atoms with Crippen LogP contribution in [0.4, 0.5) is 0 Å². The van der Waals surface area contributed by atoms with Crippen molar-refractivity contribution >= 4 is 5.91 Å². The highest BCUT2D eigenvalue weighted by Gasteiger charge is 2.11. The van der Waals surface area contributed by atoms with E-state index in [4.69, 9.17) is 14.0 Å². The van der Waals surface area contributed by atoms with Gasteiger partial charge in [0, 0.05) is 17.7 Å². The van der Waals surface area contributed by atoms with Crippen molar-refractivity contribution in [1.82, 2.24) is 15.5 Å². The van der Waals surface area contributed by atoms with E-state index in [2.05, 4.69) is 15.5 Å². The minimum Gasteiger partial charge on any atom is -0.497 e. The van der Waals surface area contributed by atoms with Crippen molar-refractivity contribution in [3.05, 3.63) is 95.9 Å². The van der Waals surface area contributed by atoms with Gasteiger partial charge in [-0.2, -0.15) is 4.98 Å². The molecule has 156 valence electrons. The molecule has 0 bridgehead atoms. The lowest BCUT2D eigenvalue weighted by atomic mass is 10.2. The van der Waals surface area contributed by atoms with Gasteiger partial charge in [-0.1, -0.05) is 53.7 Å². The second-order valence-electron chi connectivity index (χ2n) is 6.73. The number of benzene rings is 3. The van der Waals surface area contributed by atoms with Crippen LogP contribution in [0.1, 0.15) is 21.8 Å². The van der Waals surface area contributed by atoms with E-state index in [-0.39, 0.29) is 12.5 Å².